The SMILES string of the molecule is CC(C)OCC(=O)N(CCBr)C(C)C. The predicted molar refractivity (Wildman–Crippen MR) is 61.7 cm³/mol. The lowest BCUT2D eigenvalue weighted by Crippen LogP contribution is -2.40. The van der Waals surface area contributed by atoms with Crippen LogP contribution in [-0.4, -0.2) is 41.4 Å². The van der Waals surface area contributed by atoms with E-state index in [-0.39, 0.29) is 24.7 Å². The normalized spacial score (nSPS) is 11.1. The molecular formula is C10H20BrNO2. The molecule has 0 saturated carbocycles. The van der Waals surface area contributed by atoms with E-state index in [1.807, 2.05) is 32.6 Å². The number of nitrogens with zero attached hydrogens (tertiary/aromatic N) is 1. The van der Waals surface area contributed by atoms with Gasteiger partial charge >= 0.3 is 0 Å². The molecule has 0 bridgehead atoms. The monoisotopic (exact) mass is 265 g/mol. The van der Waals surface area contributed by atoms with Crippen LogP contribution in [0.4, 0.5) is 0 Å². The summed E-state index contributed by atoms with van der Waals surface area (Å²) >= 11 is 3.33. The Morgan fingerprint density at radius 2 is 1.93 bits per heavy atom. The second kappa shape index (κ2) is 7.23. The average Bonchev–Trinajstić information content (AvgIpc) is 2.09. The maximum atomic E-state index is 11.7. The Morgan fingerprint density at radius 1 is 1.36 bits per heavy atom. The third kappa shape index (κ3) is 5.60. The number of alkyl halides is 1. The molecule has 0 aliphatic rings. The summed E-state index contributed by atoms with van der Waals surface area (Å²) in [4.78, 5) is 13.5. The van der Waals surface area contributed by atoms with Crippen LogP contribution < -0.4 is 0 Å². The van der Waals surface area contributed by atoms with E-state index >= 15 is 0 Å². The first-order valence-electron chi connectivity index (χ1n) is 4.96. The number of ether oxygens (including phenoxy) is 1. The van der Waals surface area contributed by atoms with E-state index in [4.69, 9.17) is 4.74 Å². The van der Waals surface area contributed by atoms with Crippen LogP contribution in [-0.2, 0) is 9.53 Å². The zero-order valence-corrected chi connectivity index (χ0v) is 11.0. The molecule has 14 heavy (non-hydrogen) atoms. The molecule has 0 aromatic rings. The molecule has 0 rings (SSSR count). The third-order valence-electron chi connectivity index (χ3n) is 1.81. The lowest BCUT2D eigenvalue weighted by Gasteiger charge is -2.26. The summed E-state index contributed by atoms with van der Waals surface area (Å²) in [5, 5.41) is 0.804. The van der Waals surface area contributed by atoms with Crippen LogP contribution in [0.1, 0.15) is 27.7 Å². The fourth-order valence-electron chi connectivity index (χ4n) is 1.08. The topological polar surface area (TPSA) is 29.5 Å². The van der Waals surface area contributed by atoms with E-state index in [1.165, 1.54) is 0 Å². The molecule has 0 N–H and O–H groups in total. The van der Waals surface area contributed by atoms with E-state index in [9.17, 15) is 4.79 Å². The van der Waals surface area contributed by atoms with Crippen molar-refractivity contribution in [1.82, 2.24) is 4.90 Å². The highest BCUT2D eigenvalue weighted by atomic mass is 79.9. The van der Waals surface area contributed by atoms with E-state index in [0.717, 1.165) is 11.9 Å². The third-order valence-corrected chi connectivity index (χ3v) is 2.16. The lowest BCUT2D eigenvalue weighted by atomic mass is 10.3. The summed E-state index contributed by atoms with van der Waals surface area (Å²) in [6.45, 7) is 8.79. The van der Waals surface area contributed by atoms with Crippen molar-refractivity contribution < 1.29 is 9.53 Å². The van der Waals surface area contributed by atoms with Gasteiger partial charge in [0, 0.05) is 17.9 Å². The van der Waals surface area contributed by atoms with Crippen LogP contribution in [0.3, 0.4) is 0 Å². The van der Waals surface area contributed by atoms with E-state index in [0.29, 0.717) is 0 Å². The maximum absolute atomic E-state index is 11.7. The van der Waals surface area contributed by atoms with Crippen LogP contribution in [0, 0.1) is 0 Å². The summed E-state index contributed by atoms with van der Waals surface area (Å²) in [5.74, 6) is 0.0631. The molecule has 0 saturated heterocycles. The standard InChI is InChI=1S/C10H20BrNO2/c1-8(2)12(6-5-11)10(13)7-14-9(3)4/h8-9H,5-7H2,1-4H3. The molecule has 0 unspecified atom stereocenters. The molecule has 0 atom stereocenters. The number of hydrogen-bond donors (Lipinski definition) is 0. The maximum Gasteiger partial charge on any atom is 0.248 e. The van der Waals surface area contributed by atoms with Crippen LogP contribution in [0.25, 0.3) is 0 Å². The zero-order valence-electron chi connectivity index (χ0n) is 9.42. The highest BCUT2D eigenvalue weighted by Gasteiger charge is 2.16. The highest BCUT2D eigenvalue weighted by Crippen LogP contribution is 2.01. The first-order valence-corrected chi connectivity index (χ1v) is 6.08. The number of carbonyl (C=O) groups excluding carboxylic acids is 1. The van der Waals surface area contributed by atoms with Gasteiger partial charge in [0.2, 0.25) is 5.91 Å². The largest absolute Gasteiger partial charge is 0.369 e. The Balaban J connectivity index is 4.02. The first kappa shape index (κ1) is 13.9. The van der Waals surface area contributed by atoms with Gasteiger partial charge in [-0.15, -0.1) is 0 Å². The van der Waals surface area contributed by atoms with Crippen LogP contribution in [0.15, 0.2) is 0 Å². The number of carbonyl (C=O) groups is 1. The Kier molecular flexibility index (Phi) is 7.19. The Bertz CT molecular complexity index is 172. The molecule has 0 fully saturated rings. The van der Waals surface area contributed by atoms with Gasteiger partial charge in [0.05, 0.1) is 6.10 Å². The summed E-state index contributed by atoms with van der Waals surface area (Å²) in [5.41, 5.74) is 0. The van der Waals surface area contributed by atoms with Gasteiger partial charge in [0.1, 0.15) is 6.61 Å². The number of amides is 1. The van der Waals surface area contributed by atoms with Crippen molar-refractivity contribution in [2.75, 3.05) is 18.5 Å². The lowest BCUT2D eigenvalue weighted by molar-refractivity contribution is -0.138. The number of hydrogen-bond acceptors (Lipinski definition) is 2. The number of halogens is 1. The van der Waals surface area contributed by atoms with Crippen LogP contribution in [0.5, 0.6) is 0 Å². The minimum Gasteiger partial charge on any atom is -0.369 e. The van der Waals surface area contributed by atoms with Crippen molar-refractivity contribution in [3.63, 3.8) is 0 Å². The first-order chi connectivity index (χ1) is 6.49. The fourth-order valence-corrected chi connectivity index (χ4v) is 1.46. The Labute approximate surface area is 94.9 Å². The minimum atomic E-state index is 0.0631. The molecule has 0 aromatic carbocycles. The summed E-state index contributed by atoms with van der Waals surface area (Å²) in [6, 6.07) is 0.232. The van der Waals surface area contributed by atoms with Gasteiger partial charge in [-0.3, -0.25) is 4.79 Å². The van der Waals surface area contributed by atoms with Crippen LogP contribution in [0.2, 0.25) is 0 Å². The molecule has 0 aliphatic heterocycles. The second-order valence-corrected chi connectivity index (χ2v) is 4.52. The van der Waals surface area contributed by atoms with Gasteiger partial charge in [-0.1, -0.05) is 15.9 Å². The molecule has 0 aliphatic carbocycles. The average molecular weight is 266 g/mol. The molecule has 0 spiro atoms. The highest BCUT2D eigenvalue weighted by molar-refractivity contribution is 9.09. The van der Waals surface area contributed by atoms with Gasteiger partial charge in [-0.2, -0.15) is 0 Å². The van der Waals surface area contributed by atoms with Gasteiger partial charge in [-0.25, -0.2) is 0 Å². The van der Waals surface area contributed by atoms with Crippen molar-refractivity contribution in [1.29, 1.82) is 0 Å². The van der Waals surface area contributed by atoms with Crippen molar-refractivity contribution in [2.24, 2.45) is 0 Å². The van der Waals surface area contributed by atoms with Crippen molar-refractivity contribution >= 4 is 21.8 Å². The van der Waals surface area contributed by atoms with E-state index in [2.05, 4.69) is 15.9 Å². The van der Waals surface area contributed by atoms with Crippen molar-refractivity contribution in [3.05, 3.63) is 0 Å². The van der Waals surface area contributed by atoms with Gasteiger partial charge in [0.25, 0.3) is 0 Å². The quantitative estimate of drug-likeness (QED) is 0.688. The van der Waals surface area contributed by atoms with Gasteiger partial charge in [-0.05, 0) is 27.7 Å². The van der Waals surface area contributed by atoms with Crippen molar-refractivity contribution in [2.45, 2.75) is 39.8 Å². The molecule has 0 aromatic heterocycles. The second-order valence-electron chi connectivity index (χ2n) is 3.73. The molecular weight excluding hydrogens is 246 g/mol. The van der Waals surface area contributed by atoms with Gasteiger partial charge < -0.3 is 9.64 Å². The Morgan fingerprint density at radius 3 is 2.29 bits per heavy atom. The molecule has 3 nitrogen and oxygen atoms in total. The molecule has 0 radical (unpaired) electrons. The fraction of sp³-hybridized carbons (Fsp3) is 0.900. The predicted octanol–water partition coefficient (Wildman–Crippen LogP) is 2.04. The summed E-state index contributed by atoms with van der Waals surface area (Å²) in [6.07, 6.45) is 0.108. The summed E-state index contributed by atoms with van der Waals surface area (Å²) in [7, 11) is 0. The Hall–Kier alpha value is -0.0900. The van der Waals surface area contributed by atoms with E-state index < -0.39 is 0 Å². The van der Waals surface area contributed by atoms with E-state index in [1.54, 1.807) is 0 Å². The molecule has 0 heterocycles. The van der Waals surface area contributed by atoms with Crippen molar-refractivity contribution in [3.8, 4) is 0 Å². The molecule has 1 amide bonds. The number of rotatable bonds is 6. The zero-order chi connectivity index (χ0) is 11.1. The molecule has 84 valence electrons. The minimum absolute atomic E-state index is 0.0631. The smallest absolute Gasteiger partial charge is 0.248 e. The molecule has 4 heteroatoms. The van der Waals surface area contributed by atoms with Crippen LogP contribution >= 0.6 is 15.9 Å². The summed E-state index contributed by atoms with van der Waals surface area (Å²) < 4.78 is 5.27. The van der Waals surface area contributed by atoms with Gasteiger partial charge in [0.15, 0.2) is 0 Å².